The van der Waals surface area contributed by atoms with Gasteiger partial charge in [-0.25, -0.2) is 9.97 Å². The number of aryl methyl sites for hydroxylation is 2. The first kappa shape index (κ1) is 13.0. The van der Waals surface area contributed by atoms with E-state index in [1.54, 1.807) is 0 Å². The molecule has 0 saturated carbocycles. The van der Waals surface area contributed by atoms with E-state index in [-0.39, 0.29) is 0 Å². The number of aromatic nitrogens is 2. The highest BCUT2D eigenvalue weighted by Gasteiger charge is 2.07. The zero-order valence-electron chi connectivity index (χ0n) is 10.8. The van der Waals surface area contributed by atoms with Gasteiger partial charge in [-0.2, -0.15) is 0 Å². The average molecular weight is 264 g/mol. The third-order valence-corrected chi connectivity index (χ3v) is 3.29. The first-order valence-electron chi connectivity index (χ1n) is 5.84. The quantitative estimate of drug-likeness (QED) is 0.775. The lowest BCUT2D eigenvalue weighted by Crippen LogP contribution is -1.96. The molecule has 0 spiro atoms. The Morgan fingerprint density at radius 1 is 1.28 bits per heavy atom. The van der Waals surface area contributed by atoms with Crippen LogP contribution in [0, 0.1) is 13.8 Å². The molecule has 0 radical (unpaired) electrons. The SMILES string of the molecule is CCOc1cccc(CSc2nc(C)c(C)o2)n1. The van der Waals surface area contributed by atoms with Crippen LogP contribution >= 0.6 is 11.8 Å². The molecule has 2 aromatic heterocycles. The summed E-state index contributed by atoms with van der Waals surface area (Å²) < 4.78 is 10.9. The molecule has 0 N–H and O–H groups in total. The molecule has 2 rings (SSSR count). The molecular formula is C13H16N2O2S. The maximum Gasteiger partial charge on any atom is 0.256 e. The summed E-state index contributed by atoms with van der Waals surface area (Å²) in [5.41, 5.74) is 1.90. The van der Waals surface area contributed by atoms with E-state index in [1.165, 1.54) is 11.8 Å². The number of rotatable bonds is 5. The second-order valence-corrected chi connectivity index (χ2v) is 4.74. The van der Waals surface area contributed by atoms with Gasteiger partial charge in [0.25, 0.3) is 5.22 Å². The average Bonchev–Trinajstić information content (AvgIpc) is 2.67. The highest BCUT2D eigenvalue weighted by molar-refractivity contribution is 7.98. The zero-order chi connectivity index (χ0) is 13.0. The fourth-order valence-corrected chi connectivity index (χ4v) is 2.22. The second kappa shape index (κ2) is 5.91. The van der Waals surface area contributed by atoms with Crippen LogP contribution in [0.25, 0.3) is 0 Å². The Bertz CT molecular complexity index is 506. The van der Waals surface area contributed by atoms with E-state index in [9.17, 15) is 0 Å². The van der Waals surface area contributed by atoms with Crippen LogP contribution in [-0.4, -0.2) is 16.6 Å². The lowest BCUT2D eigenvalue weighted by Gasteiger charge is -2.03. The molecule has 0 atom stereocenters. The van der Waals surface area contributed by atoms with Crippen LogP contribution in [0.2, 0.25) is 0 Å². The summed E-state index contributed by atoms with van der Waals surface area (Å²) >= 11 is 1.54. The second-order valence-electron chi connectivity index (χ2n) is 3.81. The normalized spacial score (nSPS) is 10.6. The maximum absolute atomic E-state index is 5.51. The van der Waals surface area contributed by atoms with Gasteiger partial charge in [-0.15, -0.1) is 0 Å². The Balaban J connectivity index is 1.99. The van der Waals surface area contributed by atoms with Gasteiger partial charge in [0.05, 0.1) is 18.0 Å². The zero-order valence-corrected chi connectivity index (χ0v) is 11.6. The summed E-state index contributed by atoms with van der Waals surface area (Å²) in [6.45, 7) is 6.43. The molecule has 0 bridgehead atoms. The molecule has 0 aliphatic heterocycles. The molecule has 0 saturated heterocycles. The largest absolute Gasteiger partial charge is 0.478 e. The number of ether oxygens (including phenoxy) is 1. The summed E-state index contributed by atoms with van der Waals surface area (Å²) in [5.74, 6) is 2.25. The number of nitrogens with zero attached hydrogens (tertiary/aromatic N) is 2. The van der Waals surface area contributed by atoms with Crippen LogP contribution in [0.1, 0.15) is 24.1 Å². The van der Waals surface area contributed by atoms with Crippen LogP contribution in [0.4, 0.5) is 0 Å². The monoisotopic (exact) mass is 264 g/mol. The fourth-order valence-electron chi connectivity index (χ4n) is 1.41. The van der Waals surface area contributed by atoms with Crippen molar-refractivity contribution in [1.29, 1.82) is 0 Å². The van der Waals surface area contributed by atoms with Crippen LogP contribution in [0.3, 0.4) is 0 Å². The third-order valence-electron chi connectivity index (χ3n) is 2.43. The summed E-state index contributed by atoms with van der Waals surface area (Å²) in [6.07, 6.45) is 0. The first-order valence-corrected chi connectivity index (χ1v) is 6.83. The third kappa shape index (κ3) is 3.26. The van der Waals surface area contributed by atoms with Crippen molar-refractivity contribution < 1.29 is 9.15 Å². The molecule has 2 heterocycles. The predicted molar refractivity (Wildman–Crippen MR) is 70.9 cm³/mol. The number of thioether (sulfide) groups is 1. The summed E-state index contributed by atoms with van der Waals surface area (Å²) in [4.78, 5) is 8.72. The summed E-state index contributed by atoms with van der Waals surface area (Å²) in [5, 5.41) is 0.689. The van der Waals surface area contributed by atoms with Crippen molar-refractivity contribution >= 4 is 11.8 Å². The highest BCUT2D eigenvalue weighted by Crippen LogP contribution is 2.23. The van der Waals surface area contributed by atoms with Gasteiger partial charge in [-0.3, -0.25) is 0 Å². The smallest absolute Gasteiger partial charge is 0.256 e. The highest BCUT2D eigenvalue weighted by atomic mass is 32.2. The van der Waals surface area contributed by atoms with Crippen LogP contribution in [0.5, 0.6) is 5.88 Å². The Morgan fingerprint density at radius 3 is 2.78 bits per heavy atom. The van der Waals surface area contributed by atoms with Gasteiger partial charge in [0.1, 0.15) is 5.76 Å². The molecular weight excluding hydrogens is 248 g/mol. The van der Waals surface area contributed by atoms with E-state index in [0.717, 1.165) is 22.9 Å². The summed E-state index contributed by atoms with van der Waals surface area (Å²) in [7, 11) is 0. The topological polar surface area (TPSA) is 48.2 Å². The van der Waals surface area contributed by atoms with E-state index in [0.29, 0.717) is 17.7 Å². The van der Waals surface area contributed by atoms with Crippen molar-refractivity contribution in [1.82, 2.24) is 9.97 Å². The van der Waals surface area contributed by atoms with Crippen molar-refractivity contribution in [2.75, 3.05) is 6.61 Å². The molecule has 0 amide bonds. The van der Waals surface area contributed by atoms with Gasteiger partial charge in [-0.1, -0.05) is 17.8 Å². The first-order chi connectivity index (χ1) is 8.69. The van der Waals surface area contributed by atoms with E-state index in [4.69, 9.17) is 9.15 Å². The number of pyridine rings is 1. The molecule has 0 unspecified atom stereocenters. The lowest BCUT2D eigenvalue weighted by molar-refractivity contribution is 0.326. The molecule has 5 heteroatoms. The van der Waals surface area contributed by atoms with Gasteiger partial charge in [0.15, 0.2) is 0 Å². The van der Waals surface area contributed by atoms with Gasteiger partial charge in [0, 0.05) is 11.8 Å². The minimum absolute atomic E-state index is 0.627. The Labute approximate surface area is 111 Å². The standard InChI is InChI=1S/C13H16N2O2S/c1-4-16-12-7-5-6-11(15-12)8-18-13-14-9(2)10(3)17-13/h5-7H,4,8H2,1-3H3. The Kier molecular flexibility index (Phi) is 4.25. The van der Waals surface area contributed by atoms with E-state index < -0.39 is 0 Å². The molecule has 4 nitrogen and oxygen atoms in total. The molecule has 2 aromatic rings. The molecule has 0 aliphatic rings. The van der Waals surface area contributed by atoms with Crippen molar-refractivity contribution in [2.24, 2.45) is 0 Å². The van der Waals surface area contributed by atoms with Crippen molar-refractivity contribution in [3.05, 3.63) is 35.3 Å². The number of hydrogen-bond acceptors (Lipinski definition) is 5. The van der Waals surface area contributed by atoms with Gasteiger partial charge < -0.3 is 9.15 Å². The van der Waals surface area contributed by atoms with E-state index in [1.807, 2.05) is 39.0 Å². The lowest BCUT2D eigenvalue weighted by atomic mass is 10.4. The van der Waals surface area contributed by atoms with Crippen molar-refractivity contribution in [2.45, 2.75) is 31.7 Å². The van der Waals surface area contributed by atoms with Crippen LogP contribution < -0.4 is 4.74 Å². The Hall–Kier alpha value is -1.49. The molecule has 0 fully saturated rings. The minimum Gasteiger partial charge on any atom is -0.478 e. The number of oxazole rings is 1. The van der Waals surface area contributed by atoms with Crippen LogP contribution in [0.15, 0.2) is 27.8 Å². The fraction of sp³-hybridized carbons (Fsp3) is 0.385. The maximum atomic E-state index is 5.51. The molecule has 18 heavy (non-hydrogen) atoms. The van der Waals surface area contributed by atoms with Gasteiger partial charge in [-0.05, 0) is 26.8 Å². The van der Waals surface area contributed by atoms with E-state index in [2.05, 4.69) is 9.97 Å². The van der Waals surface area contributed by atoms with Crippen LogP contribution in [-0.2, 0) is 5.75 Å². The van der Waals surface area contributed by atoms with Crippen molar-refractivity contribution in [3.8, 4) is 5.88 Å². The molecule has 0 aliphatic carbocycles. The van der Waals surface area contributed by atoms with Gasteiger partial charge in [0.2, 0.25) is 5.88 Å². The van der Waals surface area contributed by atoms with E-state index >= 15 is 0 Å². The Morgan fingerprint density at radius 2 is 2.11 bits per heavy atom. The summed E-state index contributed by atoms with van der Waals surface area (Å²) in [6, 6.07) is 5.77. The minimum atomic E-state index is 0.627. The van der Waals surface area contributed by atoms with Gasteiger partial charge >= 0.3 is 0 Å². The predicted octanol–water partition coefficient (Wildman–Crippen LogP) is 3.38. The molecule has 0 aromatic carbocycles. The molecule has 96 valence electrons. The van der Waals surface area contributed by atoms with Crippen molar-refractivity contribution in [3.63, 3.8) is 0 Å². The number of hydrogen-bond donors (Lipinski definition) is 0.